The van der Waals surface area contributed by atoms with Crippen molar-refractivity contribution in [1.29, 1.82) is 0 Å². The Morgan fingerprint density at radius 1 is 1.14 bits per heavy atom. The van der Waals surface area contributed by atoms with Gasteiger partial charge in [0.25, 0.3) is 0 Å². The van der Waals surface area contributed by atoms with Gasteiger partial charge in [-0.15, -0.1) is 0 Å². The Hall–Kier alpha value is -2.59. The molecule has 1 amide bonds. The number of fused-ring (bicyclic) bond motifs is 1. The molecule has 9 nitrogen and oxygen atoms in total. The van der Waals surface area contributed by atoms with Crippen LogP contribution < -0.4 is 14.8 Å². The van der Waals surface area contributed by atoms with E-state index in [1.54, 1.807) is 30.1 Å². The van der Waals surface area contributed by atoms with Gasteiger partial charge in [-0.25, -0.2) is 8.42 Å². The van der Waals surface area contributed by atoms with Crippen LogP contribution in [0.5, 0.6) is 11.5 Å². The molecule has 10 heteroatoms. The molecule has 3 heterocycles. The van der Waals surface area contributed by atoms with Crippen molar-refractivity contribution < 1.29 is 22.7 Å². The third kappa shape index (κ3) is 3.69. The van der Waals surface area contributed by atoms with Crippen molar-refractivity contribution in [1.82, 2.24) is 14.1 Å². The van der Waals surface area contributed by atoms with Gasteiger partial charge in [-0.3, -0.25) is 9.48 Å². The minimum Gasteiger partial charge on any atom is -0.486 e. The third-order valence-corrected chi connectivity index (χ3v) is 6.84. The Morgan fingerprint density at radius 2 is 1.86 bits per heavy atom. The summed E-state index contributed by atoms with van der Waals surface area (Å²) in [5.74, 6) is 1.12. The lowest BCUT2D eigenvalue weighted by molar-refractivity contribution is -0.120. The van der Waals surface area contributed by atoms with E-state index < -0.39 is 10.0 Å². The highest BCUT2D eigenvalue weighted by Crippen LogP contribution is 2.34. The van der Waals surface area contributed by atoms with Crippen LogP contribution in [0.3, 0.4) is 0 Å². The predicted molar refractivity (Wildman–Crippen MR) is 101 cm³/mol. The number of hydrogen-bond donors (Lipinski definition) is 1. The van der Waals surface area contributed by atoms with Gasteiger partial charge in [0, 0.05) is 44.4 Å². The first-order valence-corrected chi connectivity index (χ1v) is 10.6. The molecule has 2 aromatic rings. The van der Waals surface area contributed by atoms with Crippen molar-refractivity contribution in [3.63, 3.8) is 0 Å². The molecule has 0 unspecified atom stereocenters. The molecular weight excluding hydrogens is 384 g/mol. The maximum Gasteiger partial charge on any atom is 0.243 e. The molecule has 0 spiro atoms. The van der Waals surface area contributed by atoms with E-state index >= 15 is 0 Å². The summed E-state index contributed by atoms with van der Waals surface area (Å²) in [6.07, 6.45) is 2.67. The third-order valence-electron chi connectivity index (χ3n) is 4.94. The van der Waals surface area contributed by atoms with Gasteiger partial charge in [0.15, 0.2) is 17.3 Å². The smallest absolute Gasteiger partial charge is 0.243 e. The second-order valence-corrected chi connectivity index (χ2v) is 8.79. The molecular formula is C18H22N4O5S. The summed E-state index contributed by atoms with van der Waals surface area (Å²) in [6, 6.07) is 6.38. The van der Waals surface area contributed by atoms with Crippen LogP contribution in [0, 0.1) is 5.92 Å². The zero-order valence-corrected chi connectivity index (χ0v) is 16.3. The Labute approximate surface area is 163 Å². The SMILES string of the molecule is Cn1ccc(NC(=O)C2CCN(S(=O)(=O)c3ccc4c(c3)OCCO4)CC2)n1. The fourth-order valence-electron chi connectivity index (χ4n) is 3.40. The number of amides is 1. The van der Waals surface area contributed by atoms with Gasteiger partial charge in [-0.1, -0.05) is 0 Å². The van der Waals surface area contributed by atoms with Gasteiger partial charge in [0.1, 0.15) is 13.2 Å². The molecule has 1 saturated heterocycles. The maximum atomic E-state index is 13.0. The molecule has 0 atom stereocenters. The topological polar surface area (TPSA) is 103 Å². The molecule has 4 rings (SSSR count). The molecule has 0 aliphatic carbocycles. The van der Waals surface area contributed by atoms with Crippen LogP contribution in [0.4, 0.5) is 5.82 Å². The number of aryl methyl sites for hydroxylation is 1. The summed E-state index contributed by atoms with van der Waals surface area (Å²) < 4.78 is 39.9. The number of benzene rings is 1. The molecule has 1 fully saturated rings. The Bertz CT molecular complexity index is 980. The van der Waals surface area contributed by atoms with Gasteiger partial charge in [0.05, 0.1) is 4.90 Å². The number of carbonyl (C=O) groups is 1. The minimum atomic E-state index is -3.65. The molecule has 1 aromatic heterocycles. The van der Waals surface area contributed by atoms with E-state index in [9.17, 15) is 13.2 Å². The van der Waals surface area contributed by atoms with Gasteiger partial charge < -0.3 is 14.8 Å². The highest BCUT2D eigenvalue weighted by molar-refractivity contribution is 7.89. The summed E-state index contributed by atoms with van der Waals surface area (Å²) >= 11 is 0. The highest BCUT2D eigenvalue weighted by Gasteiger charge is 2.33. The number of piperidine rings is 1. The van der Waals surface area contributed by atoms with E-state index in [0.717, 1.165) is 0 Å². The molecule has 1 aromatic carbocycles. The van der Waals surface area contributed by atoms with Gasteiger partial charge >= 0.3 is 0 Å². The zero-order valence-electron chi connectivity index (χ0n) is 15.5. The Morgan fingerprint density at radius 3 is 2.54 bits per heavy atom. The predicted octanol–water partition coefficient (Wildman–Crippen LogP) is 1.23. The minimum absolute atomic E-state index is 0.130. The molecule has 150 valence electrons. The average Bonchev–Trinajstić information content (AvgIpc) is 3.12. The highest BCUT2D eigenvalue weighted by atomic mass is 32.2. The van der Waals surface area contributed by atoms with Crippen LogP contribution in [-0.2, 0) is 21.9 Å². The van der Waals surface area contributed by atoms with E-state index in [2.05, 4.69) is 10.4 Å². The fraction of sp³-hybridized carbons (Fsp3) is 0.444. The number of rotatable bonds is 4. The number of ether oxygens (including phenoxy) is 2. The number of aromatic nitrogens is 2. The largest absolute Gasteiger partial charge is 0.486 e. The van der Waals surface area contributed by atoms with E-state index in [-0.39, 0.29) is 29.8 Å². The van der Waals surface area contributed by atoms with Crippen LogP contribution in [0.2, 0.25) is 0 Å². The quantitative estimate of drug-likeness (QED) is 0.819. The number of nitrogens with zero attached hydrogens (tertiary/aromatic N) is 3. The monoisotopic (exact) mass is 406 g/mol. The fourth-order valence-corrected chi connectivity index (χ4v) is 4.89. The van der Waals surface area contributed by atoms with Crippen molar-refractivity contribution in [2.75, 3.05) is 31.6 Å². The van der Waals surface area contributed by atoms with Crippen LogP contribution >= 0.6 is 0 Å². The van der Waals surface area contributed by atoms with Crippen molar-refractivity contribution in [3.05, 3.63) is 30.5 Å². The van der Waals surface area contributed by atoms with E-state index in [1.165, 1.54) is 16.4 Å². The first kappa shape index (κ1) is 18.8. The number of carbonyl (C=O) groups excluding carboxylic acids is 1. The van der Waals surface area contributed by atoms with E-state index in [1.807, 2.05) is 0 Å². The van der Waals surface area contributed by atoms with Crippen molar-refractivity contribution in [2.24, 2.45) is 13.0 Å². The van der Waals surface area contributed by atoms with Crippen LogP contribution in [0.15, 0.2) is 35.4 Å². The molecule has 1 N–H and O–H groups in total. The van der Waals surface area contributed by atoms with Crippen LogP contribution in [-0.4, -0.2) is 54.7 Å². The number of hydrogen-bond acceptors (Lipinski definition) is 6. The van der Waals surface area contributed by atoms with E-state index in [4.69, 9.17) is 9.47 Å². The second kappa shape index (κ2) is 7.44. The lowest BCUT2D eigenvalue weighted by Gasteiger charge is -2.30. The van der Waals surface area contributed by atoms with Gasteiger partial charge in [-0.2, -0.15) is 9.40 Å². The Balaban J connectivity index is 1.40. The van der Waals surface area contributed by atoms with Gasteiger partial charge in [0.2, 0.25) is 15.9 Å². The molecule has 2 aliphatic rings. The maximum absolute atomic E-state index is 13.0. The first-order chi connectivity index (χ1) is 13.4. The molecule has 0 radical (unpaired) electrons. The number of anilines is 1. The summed E-state index contributed by atoms with van der Waals surface area (Å²) in [5.41, 5.74) is 0. The van der Waals surface area contributed by atoms with Crippen LogP contribution in [0.1, 0.15) is 12.8 Å². The van der Waals surface area contributed by atoms with Crippen LogP contribution in [0.25, 0.3) is 0 Å². The normalized spacial score (nSPS) is 18.0. The zero-order chi connectivity index (χ0) is 19.7. The molecule has 28 heavy (non-hydrogen) atoms. The molecule has 2 aliphatic heterocycles. The summed E-state index contributed by atoms with van der Waals surface area (Å²) in [5, 5.41) is 6.91. The standard InChI is InChI=1S/C18H22N4O5S/c1-21-7-6-17(20-21)19-18(23)13-4-8-22(9-5-13)28(24,25)14-2-3-15-16(12-14)27-11-10-26-15/h2-3,6-7,12-13H,4-5,8-11H2,1H3,(H,19,20,23). The number of nitrogens with one attached hydrogen (secondary N) is 1. The van der Waals surface area contributed by atoms with Crippen molar-refractivity contribution in [3.8, 4) is 11.5 Å². The summed E-state index contributed by atoms with van der Waals surface area (Å²) in [6.45, 7) is 1.43. The molecule has 0 saturated carbocycles. The lowest BCUT2D eigenvalue weighted by Crippen LogP contribution is -2.41. The summed E-state index contributed by atoms with van der Waals surface area (Å²) in [7, 11) is -1.88. The number of sulfonamides is 1. The molecule has 0 bridgehead atoms. The second-order valence-electron chi connectivity index (χ2n) is 6.85. The first-order valence-electron chi connectivity index (χ1n) is 9.14. The lowest BCUT2D eigenvalue weighted by atomic mass is 9.97. The average molecular weight is 406 g/mol. The summed E-state index contributed by atoms with van der Waals surface area (Å²) in [4.78, 5) is 12.6. The Kier molecular flexibility index (Phi) is 4.98. The van der Waals surface area contributed by atoms with Crippen molar-refractivity contribution >= 4 is 21.7 Å². The van der Waals surface area contributed by atoms with E-state index in [0.29, 0.717) is 43.4 Å². The van der Waals surface area contributed by atoms with Crippen molar-refractivity contribution in [2.45, 2.75) is 17.7 Å². The van der Waals surface area contributed by atoms with Gasteiger partial charge in [-0.05, 0) is 25.0 Å².